The van der Waals surface area contributed by atoms with Crippen molar-refractivity contribution in [3.8, 4) is 0 Å². The van der Waals surface area contributed by atoms with Gasteiger partial charge < -0.3 is 16.0 Å². The zero-order valence-corrected chi connectivity index (χ0v) is 14.8. The molecule has 3 N–H and O–H groups in total. The van der Waals surface area contributed by atoms with Crippen molar-refractivity contribution in [1.29, 1.82) is 0 Å². The van der Waals surface area contributed by atoms with Crippen molar-refractivity contribution in [2.75, 3.05) is 41.1 Å². The summed E-state index contributed by atoms with van der Waals surface area (Å²) in [6.07, 6.45) is 4.64. The second-order valence-electron chi connectivity index (χ2n) is 5.83. The van der Waals surface area contributed by atoms with Gasteiger partial charge in [-0.3, -0.25) is 14.7 Å². The van der Waals surface area contributed by atoms with Crippen LogP contribution in [0.5, 0.6) is 0 Å². The van der Waals surface area contributed by atoms with E-state index in [-0.39, 0.29) is 0 Å². The molecule has 0 spiro atoms. The lowest BCUT2D eigenvalue weighted by Crippen LogP contribution is -2.66. The topological polar surface area (TPSA) is 45.8 Å². The van der Waals surface area contributed by atoms with Gasteiger partial charge in [-0.25, -0.2) is 0 Å². The van der Waals surface area contributed by atoms with E-state index in [1.165, 1.54) is 0 Å². The van der Waals surface area contributed by atoms with Crippen molar-refractivity contribution in [3.05, 3.63) is 0 Å². The van der Waals surface area contributed by atoms with Gasteiger partial charge in [0.1, 0.15) is 0 Å². The Kier molecular flexibility index (Phi) is 8.70. The molecule has 3 unspecified atom stereocenters. The summed E-state index contributed by atoms with van der Waals surface area (Å²) in [6.45, 7) is 9.76. The third kappa shape index (κ3) is 4.87. The first-order valence-corrected chi connectivity index (χ1v) is 8.38. The SMILES string of the molecule is CCC(NC)N1CN(C(CC)NC)CN(C(CC)NC)C1. The first-order valence-electron chi connectivity index (χ1n) is 8.38. The van der Waals surface area contributed by atoms with Gasteiger partial charge >= 0.3 is 0 Å². The second-order valence-corrected chi connectivity index (χ2v) is 5.83. The molecule has 1 fully saturated rings. The van der Waals surface area contributed by atoms with Crippen LogP contribution >= 0.6 is 0 Å². The Balaban J connectivity index is 2.86. The van der Waals surface area contributed by atoms with Gasteiger partial charge in [-0.15, -0.1) is 0 Å². The number of hydrogen-bond donors (Lipinski definition) is 3. The van der Waals surface area contributed by atoms with Crippen molar-refractivity contribution in [1.82, 2.24) is 30.7 Å². The largest absolute Gasteiger partial charge is 0.305 e. The Morgan fingerprint density at radius 3 is 1.00 bits per heavy atom. The fourth-order valence-corrected chi connectivity index (χ4v) is 3.36. The van der Waals surface area contributed by atoms with E-state index < -0.39 is 0 Å². The minimum Gasteiger partial charge on any atom is -0.305 e. The van der Waals surface area contributed by atoms with Crippen molar-refractivity contribution >= 4 is 0 Å². The molecular formula is C15H36N6. The van der Waals surface area contributed by atoms with Crippen molar-refractivity contribution in [2.45, 2.75) is 58.5 Å². The summed E-state index contributed by atoms with van der Waals surface area (Å²) in [6, 6.07) is 0. The average molecular weight is 300 g/mol. The first kappa shape index (κ1) is 18.8. The molecule has 126 valence electrons. The summed E-state index contributed by atoms with van der Waals surface area (Å²) in [4.78, 5) is 7.59. The molecule has 0 aromatic rings. The van der Waals surface area contributed by atoms with Crippen LogP contribution < -0.4 is 16.0 Å². The van der Waals surface area contributed by atoms with Gasteiger partial charge in [-0.2, -0.15) is 0 Å². The second kappa shape index (κ2) is 9.71. The maximum absolute atomic E-state index is 3.44. The van der Waals surface area contributed by atoms with Crippen LogP contribution in [0.15, 0.2) is 0 Å². The third-order valence-corrected chi connectivity index (χ3v) is 4.57. The first-order chi connectivity index (χ1) is 10.1. The molecule has 1 rings (SSSR count). The Morgan fingerprint density at radius 1 is 0.619 bits per heavy atom. The number of rotatable bonds is 9. The molecule has 1 aliphatic heterocycles. The van der Waals surface area contributed by atoms with Gasteiger partial charge in [0.05, 0.1) is 38.5 Å². The zero-order chi connectivity index (χ0) is 15.8. The van der Waals surface area contributed by atoms with Crippen LogP contribution in [0.3, 0.4) is 0 Å². The van der Waals surface area contributed by atoms with E-state index >= 15 is 0 Å². The number of hydrogen-bond acceptors (Lipinski definition) is 6. The van der Waals surface area contributed by atoms with Crippen LogP contribution in [0.1, 0.15) is 40.0 Å². The van der Waals surface area contributed by atoms with Crippen LogP contribution in [0.25, 0.3) is 0 Å². The number of nitrogens with one attached hydrogen (secondary N) is 3. The molecule has 0 aliphatic carbocycles. The van der Waals surface area contributed by atoms with Gasteiger partial charge in [0.2, 0.25) is 0 Å². The monoisotopic (exact) mass is 300 g/mol. The molecule has 21 heavy (non-hydrogen) atoms. The molecule has 1 heterocycles. The highest BCUT2D eigenvalue weighted by Crippen LogP contribution is 2.17. The molecule has 1 aliphatic rings. The lowest BCUT2D eigenvalue weighted by atomic mass is 10.2. The maximum Gasteiger partial charge on any atom is 0.0615 e. The highest BCUT2D eigenvalue weighted by atomic mass is 15.6. The fraction of sp³-hybridized carbons (Fsp3) is 1.00. The van der Waals surface area contributed by atoms with Crippen LogP contribution in [-0.2, 0) is 0 Å². The predicted octanol–water partition coefficient (Wildman–Crippen LogP) is 0.645. The lowest BCUT2D eigenvalue weighted by molar-refractivity contribution is -0.0990. The summed E-state index contributed by atoms with van der Waals surface area (Å²) in [5.74, 6) is 0. The Hall–Kier alpha value is -0.240. The van der Waals surface area contributed by atoms with Crippen molar-refractivity contribution in [2.24, 2.45) is 0 Å². The minimum absolute atomic E-state index is 0.430. The normalized spacial score (nSPS) is 23.1. The highest BCUT2D eigenvalue weighted by Gasteiger charge is 2.32. The lowest BCUT2D eigenvalue weighted by Gasteiger charge is -2.49. The van der Waals surface area contributed by atoms with E-state index in [9.17, 15) is 0 Å². The Labute approximate surface area is 131 Å². The van der Waals surface area contributed by atoms with E-state index in [0.29, 0.717) is 18.5 Å². The van der Waals surface area contributed by atoms with Crippen LogP contribution in [0, 0.1) is 0 Å². The van der Waals surface area contributed by atoms with E-state index in [1.54, 1.807) is 0 Å². The average Bonchev–Trinajstić information content (AvgIpc) is 2.51. The van der Waals surface area contributed by atoms with Gasteiger partial charge in [-0.1, -0.05) is 20.8 Å². The molecular weight excluding hydrogens is 264 g/mol. The standard InChI is InChI=1S/C15H36N6/c1-7-13(16-4)19-10-20(14(8-2)17-5)12-21(11-19)15(9-3)18-6/h13-18H,7-12H2,1-6H3. The summed E-state index contributed by atoms with van der Waals surface area (Å²) in [7, 11) is 6.17. The van der Waals surface area contributed by atoms with Gasteiger partial charge in [0.25, 0.3) is 0 Å². The van der Waals surface area contributed by atoms with Crippen LogP contribution in [0.4, 0.5) is 0 Å². The molecule has 0 aromatic heterocycles. The van der Waals surface area contributed by atoms with E-state index in [0.717, 1.165) is 39.3 Å². The summed E-state index contributed by atoms with van der Waals surface area (Å²) in [5, 5.41) is 10.3. The molecule has 0 aromatic carbocycles. The summed E-state index contributed by atoms with van der Waals surface area (Å²) in [5.41, 5.74) is 0. The quantitative estimate of drug-likeness (QED) is 0.581. The van der Waals surface area contributed by atoms with Crippen LogP contribution in [-0.4, -0.2) is 74.3 Å². The Bertz CT molecular complexity index is 214. The molecule has 1 saturated heterocycles. The molecule has 0 saturated carbocycles. The summed E-state index contributed by atoms with van der Waals surface area (Å²) >= 11 is 0. The van der Waals surface area contributed by atoms with E-state index in [2.05, 4.69) is 72.6 Å². The number of nitrogens with zero attached hydrogens (tertiary/aromatic N) is 3. The molecule has 6 nitrogen and oxygen atoms in total. The van der Waals surface area contributed by atoms with E-state index in [1.807, 2.05) is 0 Å². The maximum atomic E-state index is 3.44. The van der Waals surface area contributed by atoms with E-state index in [4.69, 9.17) is 0 Å². The summed E-state index contributed by atoms with van der Waals surface area (Å²) < 4.78 is 0. The molecule has 3 atom stereocenters. The molecule has 0 bridgehead atoms. The van der Waals surface area contributed by atoms with Gasteiger partial charge in [-0.05, 0) is 40.4 Å². The van der Waals surface area contributed by atoms with Crippen molar-refractivity contribution < 1.29 is 0 Å². The van der Waals surface area contributed by atoms with Gasteiger partial charge in [0, 0.05) is 0 Å². The third-order valence-electron chi connectivity index (χ3n) is 4.57. The molecule has 0 radical (unpaired) electrons. The van der Waals surface area contributed by atoms with Gasteiger partial charge in [0.15, 0.2) is 0 Å². The molecule has 6 heteroatoms. The zero-order valence-electron chi connectivity index (χ0n) is 14.8. The van der Waals surface area contributed by atoms with Crippen LogP contribution in [0.2, 0.25) is 0 Å². The minimum atomic E-state index is 0.430. The fourth-order valence-electron chi connectivity index (χ4n) is 3.36. The molecule has 0 amide bonds. The van der Waals surface area contributed by atoms with Crippen molar-refractivity contribution in [3.63, 3.8) is 0 Å². The smallest absolute Gasteiger partial charge is 0.0615 e. The highest BCUT2D eigenvalue weighted by molar-refractivity contribution is 4.79. The Morgan fingerprint density at radius 2 is 0.857 bits per heavy atom. The predicted molar refractivity (Wildman–Crippen MR) is 89.5 cm³/mol.